The van der Waals surface area contributed by atoms with Gasteiger partial charge in [-0.15, -0.1) is 0 Å². The lowest BCUT2D eigenvalue weighted by molar-refractivity contribution is -0.137. The number of fused-ring (bicyclic) bond motifs is 2. The van der Waals surface area contributed by atoms with E-state index in [0.717, 1.165) is 47.5 Å². The third-order valence-electron chi connectivity index (χ3n) is 4.92. The second-order valence-electron chi connectivity index (χ2n) is 6.66. The number of amides is 1. The Morgan fingerprint density at radius 3 is 3.00 bits per heavy atom. The molecule has 128 valence electrons. The number of carbonyl (C=O) groups excluding carboxylic acids is 1. The molecule has 6 heteroatoms. The van der Waals surface area contributed by atoms with Crippen molar-refractivity contribution >= 4 is 34.9 Å². The summed E-state index contributed by atoms with van der Waals surface area (Å²) in [6.45, 7) is 0. The van der Waals surface area contributed by atoms with Crippen LogP contribution in [0.1, 0.15) is 47.7 Å². The number of H-pyrrole nitrogens is 1. The van der Waals surface area contributed by atoms with E-state index in [1.807, 2.05) is 12.1 Å². The molecule has 1 aliphatic heterocycles. The lowest BCUT2D eigenvalue weighted by Gasteiger charge is -2.20. The van der Waals surface area contributed by atoms with Gasteiger partial charge in [-0.25, -0.2) is 0 Å². The molecule has 5 N–H and O–H groups in total. The van der Waals surface area contributed by atoms with Crippen LogP contribution in [0.25, 0.3) is 11.6 Å². The Morgan fingerprint density at radius 1 is 1.36 bits per heavy atom. The maximum Gasteiger partial charge on any atom is 0.303 e. The van der Waals surface area contributed by atoms with Crippen molar-refractivity contribution in [1.82, 2.24) is 4.98 Å². The highest BCUT2D eigenvalue weighted by Crippen LogP contribution is 2.37. The lowest BCUT2D eigenvalue weighted by Crippen LogP contribution is -2.12. The van der Waals surface area contributed by atoms with Crippen LogP contribution in [-0.2, 0) is 16.0 Å². The van der Waals surface area contributed by atoms with E-state index in [2.05, 4.69) is 10.3 Å². The Morgan fingerprint density at radius 2 is 2.20 bits per heavy atom. The Balaban J connectivity index is 1.72. The van der Waals surface area contributed by atoms with Crippen molar-refractivity contribution in [3.05, 3.63) is 46.8 Å². The molecule has 1 atom stereocenters. The fraction of sp³-hybridized carbons (Fsp3) is 0.263. The first-order chi connectivity index (χ1) is 12.0. The van der Waals surface area contributed by atoms with E-state index in [4.69, 9.17) is 10.8 Å². The van der Waals surface area contributed by atoms with Gasteiger partial charge in [-0.1, -0.05) is 0 Å². The van der Waals surface area contributed by atoms with Gasteiger partial charge in [-0.3, -0.25) is 9.59 Å². The van der Waals surface area contributed by atoms with E-state index in [9.17, 15) is 9.59 Å². The molecule has 1 aromatic carbocycles. The number of hydrogen-bond acceptors (Lipinski definition) is 3. The van der Waals surface area contributed by atoms with Crippen LogP contribution in [0.5, 0.6) is 0 Å². The van der Waals surface area contributed by atoms with Crippen molar-refractivity contribution in [3.8, 4) is 0 Å². The van der Waals surface area contributed by atoms with Gasteiger partial charge in [0.15, 0.2) is 0 Å². The first kappa shape index (κ1) is 15.5. The van der Waals surface area contributed by atoms with Crippen LogP contribution in [0.3, 0.4) is 0 Å². The summed E-state index contributed by atoms with van der Waals surface area (Å²) in [4.78, 5) is 26.7. The van der Waals surface area contributed by atoms with Gasteiger partial charge in [-0.2, -0.15) is 0 Å². The normalized spacial score (nSPS) is 20.2. The summed E-state index contributed by atoms with van der Waals surface area (Å²) in [5.41, 5.74) is 11.5. The summed E-state index contributed by atoms with van der Waals surface area (Å²) in [6, 6.07) is 7.32. The number of aliphatic carboxylic acids is 1. The number of nitrogens with one attached hydrogen (secondary N) is 2. The van der Waals surface area contributed by atoms with Gasteiger partial charge in [0.25, 0.3) is 5.91 Å². The third kappa shape index (κ3) is 2.80. The van der Waals surface area contributed by atoms with Gasteiger partial charge >= 0.3 is 5.97 Å². The van der Waals surface area contributed by atoms with Crippen molar-refractivity contribution in [2.45, 2.75) is 31.6 Å². The maximum absolute atomic E-state index is 12.3. The molecule has 0 spiro atoms. The second-order valence-corrected chi connectivity index (χ2v) is 6.66. The molecular weight excluding hydrogens is 318 g/mol. The molecule has 1 amide bonds. The highest BCUT2D eigenvalue weighted by molar-refractivity contribution is 6.35. The fourth-order valence-corrected chi connectivity index (χ4v) is 3.79. The first-order valence-corrected chi connectivity index (χ1v) is 8.38. The van der Waals surface area contributed by atoms with Crippen LogP contribution < -0.4 is 11.1 Å². The predicted molar refractivity (Wildman–Crippen MR) is 96.1 cm³/mol. The minimum Gasteiger partial charge on any atom is -0.481 e. The van der Waals surface area contributed by atoms with Crippen LogP contribution in [-0.4, -0.2) is 22.0 Å². The summed E-state index contributed by atoms with van der Waals surface area (Å²) in [5.74, 6) is -0.904. The SMILES string of the molecule is Nc1ccc2c(c1)C(=Cc1cc3c([nH]1)CCCC3CC(=O)O)C(=O)N2. The van der Waals surface area contributed by atoms with E-state index < -0.39 is 5.97 Å². The van der Waals surface area contributed by atoms with Crippen LogP contribution in [0.2, 0.25) is 0 Å². The number of rotatable bonds is 3. The lowest BCUT2D eigenvalue weighted by atomic mass is 9.85. The zero-order valence-corrected chi connectivity index (χ0v) is 13.6. The maximum atomic E-state index is 12.3. The quantitative estimate of drug-likeness (QED) is 0.510. The number of hydrogen-bond donors (Lipinski definition) is 4. The topological polar surface area (TPSA) is 108 Å². The number of aromatic amines is 1. The average molecular weight is 337 g/mol. The average Bonchev–Trinajstić information content (AvgIpc) is 3.10. The number of benzene rings is 1. The van der Waals surface area contributed by atoms with Crippen LogP contribution in [0.15, 0.2) is 24.3 Å². The van der Waals surface area contributed by atoms with Crippen molar-refractivity contribution in [3.63, 3.8) is 0 Å². The molecule has 0 bridgehead atoms. The summed E-state index contributed by atoms with van der Waals surface area (Å²) >= 11 is 0. The van der Waals surface area contributed by atoms with Crippen molar-refractivity contribution < 1.29 is 14.7 Å². The minimum absolute atomic E-state index is 0.0324. The van der Waals surface area contributed by atoms with Crippen LogP contribution >= 0.6 is 0 Å². The minimum atomic E-state index is -0.779. The molecule has 0 saturated heterocycles. The van der Waals surface area contributed by atoms with E-state index in [1.165, 1.54) is 0 Å². The number of anilines is 2. The van der Waals surface area contributed by atoms with E-state index in [-0.39, 0.29) is 18.2 Å². The van der Waals surface area contributed by atoms with E-state index in [0.29, 0.717) is 11.3 Å². The molecule has 0 fully saturated rings. The molecule has 1 aliphatic carbocycles. The summed E-state index contributed by atoms with van der Waals surface area (Å²) in [7, 11) is 0. The van der Waals surface area contributed by atoms with E-state index in [1.54, 1.807) is 18.2 Å². The third-order valence-corrected chi connectivity index (χ3v) is 4.92. The Kier molecular flexibility index (Phi) is 3.60. The molecular formula is C19H19N3O3. The van der Waals surface area contributed by atoms with Crippen molar-refractivity contribution in [2.24, 2.45) is 0 Å². The number of nitrogen functional groups attached to an aromatic ring is 1. The zero-order valence-electron chi connectivity index (χ0n) is 13.6. The molecule has 1 aromatic heterocycles. The number of nitrogens with two attached hydrogens (primary N) is 1. The molecule has 4 rings (SSSR count). The number of carbonyl (C=O) groups is 2. The molecule has 2 aliphatic rings. The second kappa shape index (κ2) is 5.81. The fourth-order valence-electron chi connectivity index (χ4n) is 3.79. The summed E-state index contributed by atoms with van der Waals surface area (Å²) in [5, 5.41) is 11.9. The molecule has 1 unspecified atom stereocenters. The summed E-state index contributed by atoms with van der Waals surface area (Å²) < 4.78 is 0. The zero-order chi connectivity index (χ0) is 17.6. The Labute approximate surface area is 144 Å². The Bertz CT molecular complexity index is 911. The first-order valence-electron chi connectivity index (χ1n) is 8.38. The van der Waals surface area contributed by atoms with Gasteiger partial charge in [0.05, 0.1) is 12.0 Å². The van der Waals surface area contributed by atoms with Gasteiger partial charge in [0, 0.05) is 28.3 Å². The van der Waals surface area contributed by atoms with Gasteiger partial charge in [0.1, 0.15) is 0 Å². The molecule has 25 heavy (non-hydrogen) atoms. The smallest absolute Gasteiger partial charge is 0.303 e. The Hall–Kier alpha value is -3.02. The van der Waals surface area contributed by atoms with Crippen LogP contribution in [0, 0.1) is 0 Å². The molecule has 0 radical (unpaired) electrons. The van der Waals surface area contributed by atoms with Gasteiger partial charge in [-0.05, 0) is 61.1 Å². The van der Waals surface area contributed by atoms with Crippen molar-refractivity contribution in [2.75, 3.05) is 11.1 Å². The standard InChI is InChI=1S/C19H19N3O3/c20-11-4-5-17-14(7-11)15(19(25)22-17)9-12-8-13-10(6-18(23)24)2-1-3-16(13)21-12/h4-5,7-10,21H,1-3,6,20H2,(H,22,25)(H,23,24). The molecule has 2 aromatic rings. The molecule has 6 nitrogen and oxygen atoms in total. The highest BCUT2D eigenvalue weighted by atomic mass is 16.4. The highest BCUT2D eigenvalue weighted by Gasteiger charge is 2.27. The number of carboxylic acid groups (broad SMARTS) is 1. The predicted octanol–water partition coefficient (Wildman–Crippen LogP) is 2.98. The summed E-state index contributed by atoms with van der Waals surface area (Å²) in [6.07, 6.45) is 4.72. The van der Waals surface area contributed by atoms with E-state index >= 15 is 0 Å². The molecule has 0 saturated carbocycles. The van der Waals surface area contributed by atoms with Crippen LogP contribution in [0.4, 0.5) is 11.4 Å². The number of carboxylic acids is 1. The van der Waals surface area contributed by atoms with Crippen molar-refractivity contribution in [1.29, 1.82) is 0 Å². The number of aromatic nitrogens is 1. The monoisotopic (exact) mass is 337 g/mol. The van der Waals surface area contributed by atoms with Gasteiger partial charge in [0.2, 0.25) is 0 Å². The molecule has 2 heterocycles. The van der Waals surface area contributed by atoms with Gasteiger partial charge < -0.3 is 21.1 Å². The number of aryl methyl sites for hydroxylation is 1. The largest absolute Gasteiger partial charge is 0.481 e.